The van der Waals surface area contributed by atoms with E-state index in [9.17, 15) is 4.79 Å². The highest BCUT2D eigenvalue weighted by Gasteiger charge is 2.03. The van der Waals surface area contributed by atoms with Crippen molar-refractivity contribution < 1.29 is 9.53 Å². The highest BCUT2D eigenvalue weighted by Crippen LogP contribution is 2.16. The third kappa shape index (κ3) is 2.20. The van der Waals surface area contributed by atoms with Crippen LogP contribution in [0, 0.1) is 0 Å². The van der Waals surface area contributed by atoms with Crippen LogP contribution in [0.3, 0.4) is 0 Å². The molecule has 0 bridgehead atoms. The van der Waals surface area contributed by atoms with Crippen molar-refractivity contribution in [2.75, 3.05) is 11.9 Å². The second-order valence-corrected chi connectivity index (χ2v) is 3.18. The third-order valence-corrected chi connectivity index (χ3v) is 2.02. The van der Waals surface area contributed by atoms with Gasteiger partial charge in [0.1, 0.15) is 6.61 Å². The summed E-state index contributed by atoms with van der Waals surface area (Å²) in [5.41, 5.74) is 1.52. The van der Waals surface area contributed by atoms with Gasteiger partial charge in [0.2, 0.25) is 0 Å². The Balaban J connectivity index is 2.08. The van der Waals surface area contributed by atoms with E-state index in [1.54, 1.807) is 18.3 Å². The maximum absolute atomic E-state index is 11.2. The number of carbonyl (C=O) groups is 1. The number of amides is 1. The first-order valence-electron chi connectivity index (χ1n) is 4.77. The van der Waals surface area contributed by atoms with Crippen molar-refractivity contribution in [1.29, 1.82) is 0 Å². The Bertz CT molecular complexity index is 519. The first-order valence-corrected chi connectivity index (χ1v) is 4.77. The quantitative estimate of drug-likeness (QED) is 0.775. The highest BCUT2D eigenvalue weighted by atomic mass is 16.5. The Kier molecular flexibility index (Phi) is 2.86. The molecule has 0 saturated heterocycles. The van der Waals surface area contributed by atoms with Crippen molar-refractivity contribution in [3.8, 4) is 0 Å². The molecule has 2 rings (SSSR count). The third-order valence-electron chi connectivity index (χ3n) is 2.02. The molecule has 1 aromatic heterocycles. The molecule has 0 fully saturated rings. The summed E-state index contributed by atoms with van der Waals surface area (Å²) < 4.78 is 4.79. The van der Waals surface area contributed by atoms with Crippen molar-refractivity contribution in [3.05, 3.63) is 37.1 Å². The molecular weight excluding hydrogens is 206 g/mol. The molecule has 2 aromatic rings. The number of H-pyrrole nitrogens is 1. The number of fused-ring (bicyclic) bond motifs is 1. The molecule has 0 aliphatic carbocycles. The van der Waals surface area contributed by atoms with E-state index in [4.69, 9.17) is 4.74 Å². The van der Waals surface area contributed by atoms with E-state index in [-0.39, 0.29) is 6.61 Å². The van der Waals surface area contributed by atoms with Crippen molar-refractivity contribution in [3.63, 3.8) is 0 Å². The average Bonchev–Trinajstić information content (AvgIpc) is 2.73. The summed E-state index contributed by atoms with van der Waals surface area (Å²) in [7, 11) is 0. The van der Waals surface area contributed by atoms with Gasteiger partial charge in [0.05, 0.1) is 11.7 Å². The van der Waals surface area contributed by atoms with Gasteiger partial charge in [-0.2, -0.15) is 5.10 Å². The van der Waals surface area contributed by atoms with Crippen LogP contribution in [0.25, 0.3) is 10.9 Å². The Morgan fingerprint density at radius 1 is 1.62 bits per heavy atom. The molecule has 2 N–H and O–H groups in total. The molecule has 1 aromatic carbocycles. The van der Waals surface area contributed by atoms with Crippen molar-refractivity contribution in [2.24, 2.45) is 0 Å². The van der Waals surface area contributed by atoms with Gasteiger partial charge in [0.15, 0.2) is 0 Å². The summed E-state index contributed by atoms with van der Waals surface area (Å²) in [4.78, 5) is 11.2. The fraction of sp³-hybridized carbons (Fsp3) is 0.0909. The van der Waals surface area contributed by atoms with Gasteiger partial charge in [-0.15, -0.1) is 0 Å². The van der Waals surface area contributed by atoms with E-state index in [0.717, 1.165) is 10.9 Å². The maximum Gasteiger partial charge on any atom is 0.411 e. The van der Waals surface area contributed by atoms with E-state index < -0.39 is 6.09 Å². The van der Waals surface area contributed by atoms with Crippen LogP contribution < -0.4 is 5.32 Å². The largest absolute Gasteiger partial charge is 0.445 e. The Morgan fingerprint density at radius 2 is 2.50 bits per heavy atom. The predicted molar refractivity (Wildman–Crippen MR) is 61.3 cm³/mol. The second kappa shape index (κ2) is 4.48. The molecule has 0 radical (unpaired) electrons. The zero-order chi connectivity index (χ0) is 11.4. The lowest BCUT2D eigenvalue weighted by molar-refractivity contribution is 0.174. The first-order chi connectivity index (χ1) is 7.79. The van der Waals surface area contributed by atoms with Crippen LogP contribution in [0.15, 0.2) is 37.1 Å². The van der Waals surface area contributed by atoms with E-state index in [2.05, 4.69) is 22.1 Å². The van der Waals surface area contributed by atoms with Crippen molar-refractivity contribution in [2.45, 2.75) is 0 Å². The zero-order valence-electron chi connectivity index (χ0n) is 8.56. The first kappa shape index (κ1) is 10.2. The molecule has 5 heteroatoms. The number of anilines is 1. The Morgan fingerprint density at radius 3 is 3.31 bits per heavy atom. The summed E-state index contributed by atoms with van der Waals surface area (Å²) in [5, 5.41) is 10.3. The fourth-order valence-corrected chi connectivity index (χ4v) is 1.30. The molecule has 82 valence electrons. The van der Waals surface area contributed by atoms with Gasteiger partial charge in [-0.1, -0.05) is 12.7 Å². The number of nitrogens with zero attached hydrogens (tertiary/aromatic N) is 1. The van der Waals surface area contributed by atoms with Gasteiger partial charge in [0, 0.05) is 11.1 Å². The molecule has 0 unspecified atom stereocenters. The molecule has 0 saturated carbocycles. The number of carbonyl (C=O) groups excluding carboxylic acids is 1. The number of ether oxygens (including phenoxy) is 1. The van der Waals surface area contributed by atoms with Crippen LogP contribution in [0.1, 0.15) is 0 Å². The van der Waals surface area contributed by atoms with E-state index in [0.29, 0.717) is 5.69 Å². The number of hydrogen-bond donors (Lipinski definition) is 2. The standard InChI is InChI=1S/C11H11N3O2/c1-2-5-16-11(15)13-9-4-3-8-7-12-14-10(8)6-9/h2-4,6-7H,1,5H2,(H,12,14)(H,13,15). The van der Waals surface area contributed by atoms with Gasteiger partial charge >= 0.3 is 6.09 Å². The molecule has 1 heterocycles. The maximum atomic E-state index is 11.2. The summed E-state index contributed by atoms with van der Waals surface area (Å²) in [5.74, 6) is 0. The highest BCUT2D eigenvalue weighted by molar-refractivity contribution is 5.89. The molecule has 0 spiro atoms. The lowest BCUT2D eigenvalue weighted by atomic mass is 10.2. The van der Waals surface area contributed by atoms with Gasteiger partial charge in [-0.05, 0) is 18.2 Å². The average molecular weight is 217 g/mol. The van der Waals surface area contributed by atoms with Crippen LogP contribution in [0.4, 0.5) is 10.5 Å². The van der Waals surface area contributed by atoms with Crippen molar-refractivity contribution in [1.82, 2.24) is 10.2 Å². The predicted octanol–water partition coefficient (Wildman–Crippen LogP) is 2.30. The van der Waals surface area contributed by atoms with E-state index in [1.165, 1.54) is 6.08 Å². The minimum Gasteiger partial charge on any atom is -0.445 e. The van der Waals surface area contributed by atoms with Gasteiger partial charge in [0.25, 0.3) is 0 Å². The van der Waals surface area contributed by atoms with Crippen LogP contribution in [-0.2, 0) is 4.74 Å². The minimum atomic E-state index is -0.501. The topological polar surface area (TPSA) is 67.0 Å². The molecule has 0 atom stereocenters. The van der Waals surface area contributed by atoms with Crippen molar-refractivity contribution >= 4 is 22.7 Å². The van der Waals surface area contributed by atoms with Gasteiger partial charge in [-0.25, -0.2) is 4.79 Å². The monoisotopic (exact) mass is 217 g/mol. The molecule has 1 amide bonds. The minimum absolute atomic E-state index is 0.193. The molecule has 5 nitrogen and oxygen atoms in total. The molecule has 0 aliphatic heterocycles. The fourth-order valence-electron chi connectivity index (χ4n) is 1.30. The van der Waals surface area contributed by atoms with Crippen LogP contribution in [-0.4, -0.2) is 22.9 Å². The summed E-state index contributed by atoms with van der Waals surface area (Å²) >= 11 is 0. The second-order valence-electron chi connectivity index (χ2n) is 3.18. The number of nitrogens with one attached hydrogen (secondary N) is 2. The Hall–Kier alpha value is -2.30. The summed E-state index contributed by atoms with van der Waals surface area (Å²) in [6.45, 7) is 3.65. The lowest BCUT2D eigenvalue weighted by Gasteiger charge is -2.04. The van der Waals surface area contributed by atoms with Crippen LogP contribution in [0.2, 0.25) is 0 Å². The number of hydrogen-bond acceptors (Lipinski definition) is 3. The molecule has 16 heavy (non-hydrogen) atoms. The summed E-state index contributed by atoms with van der Waals surface area (Å²) in [6, 6.07) is 5.44. The normalized spacial score (nSPS) is 10.0. The zero-order valence-corrected chi connectivity index (χ0v) is 8.56. The van der Waals surface area contributed by atoms with Crippen LogP contribution in [0.5, 0.6) is 0 Å². The van der Waals surface area contributed by atoms with E-state index >= 15 is 0 Å². The van der Waals surface area contributed by atoms with Gasteiger partial charge in [-0.3, -0.25) is 10.4 Å². The molecular formula is C11H11N3O2. The number of rotatable bonds is 3. The number of benzene rings is 1. The van der Waals surface area contributed by atoms with Crippen LogP contribution >= 0.6 is 0 Å². The van der Waals surface area contributed by atoms with E-state index in [1.807, 2.05) is 6.07 Å². The SMILES string of the molecule is C=CCOC(=O)Nc1ccc2cn[nH]c2c1. The number of aromatic amines is 1. The lowest BCUT2D eigenvalue weighted by Crippen LogP contribution is -2.13. The summed E-state index contributed by atoms with van der Waals surface area (Å²) in [6.07, 6.45) is 2.73. The number of aromatic nitrogens is 2. The molecule has 0 aliphatic rings. The smallest absolute Gasteiger partial charge is 0.411 e. The Labute approximate surface area is 92.1 Å². The van der Waals surface area contributed by atoms with Gasteiger partial charge < -0.3 is 4.74 Å².